The van der Waals surface area contributed by atoms with E-state index >= 15 is 0 Å². The molecule has 0 atom stereocenters. The summed E-state index contributed by atoms with van der Waals surface area (Å²) in [4.78, 5) is 29.1. The number of carbonyl (C=O) groups excluding carboxylic acids is 2. The molecule has 1 aliphatic heterocycles. The molecule has 0 spiro atoms. The average molecular weight is 530 g/mol. The predicted octanol–water partition coefficient (Wildman–Crippen LogP) is 4.18. The molecule has 1 aliphatic rings. The van der Waals surface area contributed by atoms with Gasteiger partial charge in [0.25, 0.3) is 5.91 Å². The van der Waals surface area contributed by atoms with Gasteiger partial charge in [-0.25, -0.2) is 18.2 Å². The van der Waals surface area contributed by atoms with Gasteiger partial charge < -0.3 is 9.47 Å². The van der Waals surface area contributed by atoms with Crippen LogP contribution in [0.1, 0.15) is 36.0 Å². The van der Waals surface area contributed by atoms with Gasteiger partial charge in [-0.15, -0.1) is 11.3 Å². The number of nitrogens with one attached hydrogen (secondary N) is 1. The highest BCUT2D eigenvalue weighted by atomic mass is 32.2. The molecular formula is C25H27N3O6S2. The molecule has 4 rings (SSSR count). The minimum atomic E-state index is -3.60. The topological polar surface area (TPSA) is 115 Å². The second-order valence-corrected chi connectivity index (χ2v) is 11.0. The van der Waals surface area contributed by atoms with Crippen molar-refractivity contribution < 1.29 is 27.5 Å². The Kier molecular flexibility index (Phi) is 8.34. The number of hydrogen-bond acceptors (Lipinski definition) is 8. The number of methoxy groups -OCH3 is 1. The minimum Gasteiger partial charge on any atom is -0.497 e. The van der Waals surface area contributed by atoms with Gasteiger partial charge in [-0.3, -0.25) is 10.1 Å². The molecule has 0 aliphatic carbocycles. The van der Waals surface area contributed by atoms with E-state index < -0.39 is 28.5 Å². The second-order valence-electron chi connectivity index (χ2n) is 8.23. The van der Waals surface area contributed by atoms with E-state index in [9.17, 15) is 18.0 Å². The van der Waals surface area contributed by atoms with Crippen LogP contribution in [-0.2, 0) is 19.6 Å². The quantitative estimate of drug-likeness (QED) is 0.435. The van der Waals surface area contributed by atoms with E-state index in [-0.39, 0.29) is 10.5 Å². The van der Waals surface area contributed by atoms with Crippen molar-refractivity contribution in [3.05, 3.63) is 59.5 Å². The van der Waals surface area contributed by atoms with E-state index in [4.69, 9.17) is 9.47 Å². The SMILES string of the molecule is COc1ccc(-c2csc(NC(=O)COC(=O)c3ccc(S(=O)(=O)N4CCCCCC4)cc3)n2)cc1. The molecule has 1 fully saturated rings. The zero-order chi connectivity index (χ0) is 25.5. The molecule has 2 aromatic carbocycles. The summed E-state index contributed by atoms with van der Waals surface area (Å²) in [7, 11) is -2.01. The molecule has 11 heteroatoms. The van der Waals surface area contributed by atoms with Crippen LogP contribution in [0.2, 0.25) is 0 Å². The fourth-order valence-electron chi connectivity index (χ4n) is 3.79. The number of hydrogen-bond donors (Lipinski definition) is 1. The van der Waals surface area contributed by atoms with Crippen LogP contribution in [0.25, 0.3) is 11.3 Å². The maximum atomic E-state index is 12.9. The highest BCUT2D eigenvalue weighted by Gasteiger charge is 2.25. The van der Waals surface area contributed by atoms with Crippen LogP contribution >= 0.6 is 11.3 Å². The molecule has 2 heterocycles. The Balaban J connectivity index is 1.30. The third-order valence-electron chi connectivity index (χ3n) is 5.76. The Bertz CT molecular complexity index is 1300. The molecule has 0 bridgehead atoms. The fourth-order valence-corrected chi connectivity index (χ4v) is 6.04. The lowest BCUT2D eigenvalue weighted by molar-refractivity contribution is -0.119. The van der Waals surface area contributed by atoms with Crippen molar-refractivity contribution in [2.24, 2.45) is 0 Å². The van der Waals surface area contributed by atoms with Crippen molar-refractivity contribution in [3.63, 3.8) is 0 Å². The maximum Gasteiger partial charge on any atom is 0.338 e. The van der Waals surface area contributed by atoms with Gasteiger partial charge in [0.05, 0.1) is 23.3 Å². The molecule has 9 nitrogen and oxygen atoms in total. The number of rotatable bonds is 8. The molecule has 0 radical (unpaired) electrons. The van der Waals surface area contributed by atoms with Gasteiger partial charge >= 0.3 is 5.97 Å². The number of esters is 1. The number of ether oxygens (including phenoxy) is 2. The summed E-state index contributed by atoms with van der Waals surface area (Å²) in [5.74, 6) is -0.515. The average Bonchev–Trinajstić information content (AvgIpc) is 3.17. The molecule has 0 unspecified atom stereocenters. The molecule has 3 aromatic rings. The summed E-state index contributed by atoms with van der Waals surface area (Å²) in [6.45, 7) is 0.508. The van der Waals surface area contributed by atoms with Gasteiger partial charge in [-0.2, -0.15) is 4.31 Å². The largest absolute Gasteiger partial charge is 0.497 e. The predicted molar refractivity (Wildman–Crippen MR) is 137 cm³/mol. The lowest BCUT2D eigenvalue weighted by Crippen LogP contribution is -2.31. The smallest absolute Gasteiger partial charge is 0.338 e. The van der Waals surface area contributed by atoms with Gasteiger partial charge in [0.2, 0.25) is 10.0 Å². The Morgan fingerprint density at radius 2 is 1.67 bits per heavy atom. The Labute approximate surface area is 214 Å². The molecule has 36 heavy (non-hydrogen) atoms. The Hall–Kier alpha value is -3.28. The first-order chi connectivity index (χ1) is 17.4. The third kappa shape index (κ3) is 6.28. The van der Waals surface area contributed by atoms with Crippen molar-refractivity contribution in [2.45, 2.75) is 30.6 Å². The van der Waals surface area contributed by atoms with Crippen LogP contribution in [0, 0.1) is 0 Å². The first kappa shape index (κ1) is 25.8. The fraction of sp³-hybridized carbons (Fsp3) is 0.320. The highest BCUT2D eigenvalue weighted by molar-refractivity contribution is 7.89. The van der Waals surface area contributed by atoms with Crippen LogP contribution in [0.3, 0.4) is 0 Å². The maximum absolute atomic E-state index is 12.9. The van der Waals surface area contributed by atoms with Gasteiger partial charge in [0.1, 0.15) is 5.75 Å². The van der Waals surface area contributed by atoms with Crippen molar-refractivity contribution in [1.29, 1.82) is 0 Å². The summed E-state index contributed by atoms with van der Waals surface area (Å²) >= 11 is 1.25. The van der Waals surface area contributed by atoms with Crippen molar-refractivity contribution >= 4 is 38.4 Å². The van der Waals surface area contributed by atoms with Gasteiger partial charge in [0.15, 0.2) is 11.7 Å². The van der Waals surface area contributed by atoms with E-state index in [0.29, 0.717) is 23.9 Å². The van der Waals surface area contributed by atoms with Crippen LogP contribution in [0.4, 0.5) is 5.13 Å². The van der Waals surface area contributed by atoms with Crippen LogP contribution in [0.5, 0.6) is 5.75 Å². The summed E-state index contributed by atoms with van der Waals surface area (Å²) in [6, 6.07) is 13.0. The molecule has 0 saturated carbocycles. The Morgan fingerprint density at radius 1 is 1.00 bits per heavy atom. The molecule has 1 aromatic heterocycles. The van der Waals surface area contributed by atoms with E-state index in [1.807, 2.05) is 29.6 Å². The van der Waals surface area contributed by atoms with Crippen LogP contribution in [-0.4, -0.2) is 56.4 Å². The molecule has 1 amide bonds. The molecular weight excluding hydrogens is 502 g/mol. The number of amides is 1. The summed E-state index contributed by atoms with van der Waals surface area (Å²) < 4.78 is 37.5. The van der Waals surface area contributed by atoms with Crippen molar-refractivity contribution in [3.8, 4) is 17.0 Å². The number of nitrogens with zero attached hydrogens (tertiary/aromatic N) is 2. The van der Waals surface area contributed by atoms with Gasteiger partial charge in [0, 0.05) is 24.0 Å². The number of benzene rings is 2. The first-order valence-electron chi connectivity index (χ1n) is 11.5. The van der Waals surface area contributed by atoms with Gasteiger partial charge in [-0.1, -0.05) is 12.8 Å². The van der Waals surface area contributed by atoms with Crippen LogP contribution in [0.15, 0.2) is 58.8 Å². The molecule has 1 saturated heterocycles. The first-order valence-corrected chi connectivity index (χ1v) is 13.9. The number of aromatic nitrogens is 1. The zero-order valence-electron chi connectivity index (χ0n) is 19.8. The number of carbonyl (C=O) groups is 2. The van der Waals surface area contributed by atoms with Crippen molar-refractivity contribution in [2.75, 3.05) is 32.1 Å². The lowest BCUT2D eigenvalue weighted by atomic mass is 10.2. The van der Waals surface area contributed by atoms with E-state index in [1.54, 1.807) is 7.11 Å². The number of thiazole rings is 1. The third-order valence-corrected chi connectivity index (χ3v) is 8.43. The minimum absolute atomic E-state index is 0.134. The van der Waals surface area contributed by atoms with E-state index in [2.05, 4.69) is 10.3 Å². The standard InChI is InChI=1S/C25H27N3O6S2/c1-33-20-10-6-18(7-11-20)22-17-35-25(26-22)27-23(29)16-34-24(30)19-8-12-21(13-9-19)36(31,32)28-14-4-2-3-5-15-28/h6-13,17H,2-5,14-16H2,1H3,(H,26,27,29). The zero-order valence-corrected chi connectivity index (χ0v) is 21.4. The number of sulfonamides is 1. The monoisotopic (exact) mass is 529 g/mol. The molecule has 190 valence electrons. The van der Waals surface area contributed by atoms with Gasteiger partial charge in [-0.05, 0) is 61.4 Å². The normalized spacial score (nSPS) is 14.6. The summed E-state index contributed by atoms with van der Waals surface area (Å²) in [6.07, 6.45) is 3.73. The van der Waals surface area contributed by atoms with E-state index in [1.165, 1.54) is 39.9 Å². The number of anilines is 1. The molecule has 1 N–H and O–H groups in total. The lowest BCUT2D eigenvalue weighted by Gasteiger charge is -2.19. The summed E-state index contributed by atoms with van der Waals surface area (Å²) in [5.41, 5.74) is 1.74. The highest BCUT2D eigenvalue weighted by Crippen LogP contribution is 2.26. The Morgan fingerprint density at radius 3 is 2.31 bits per heavy atom. The van der Waals surface area contributed by atoms with Crippen LogP contribution < -0.4 is 10.1 Å². The van der Waals surface area contributed by atoms with Crippen molar-refractivity contribution in [1.82, 2.24) is 9.29 Å². The van der Waals surface area contributed by atoms with E-state index in [0.717, 1.165) is 37.0 Å². The second kappa shape index (κ2) is 11.6. The summed E-state index contributed by atoms with van der Waals surface area (Å²) in [5, 5.41) is 4.80.